The van der Waals surface area contributed by atoms with Gasteiger partial charge in [-0.05, 0) is 130 Å². The molecule has 13 nitrogen and oxygen atoms in total. The minimum Gasteiger partial charge on any atom is -0.494 e. The highest BCUT2D eigenvalue weighted by atomic mass is 32.1. The molecule has 0 bridgehead atoms. The lowest BCUT2D eigenvalue weighted by Crippen LogP contribution is -2.11. The number of hydrogen-bond donors (Lipinski definition) is 0. The highest BCUT2D eigenvalue weighted by molar-refractivity contribution is 7.21. The first-order chi connectivity index (χ1) is 29.3. The molecule has 14 heteroatoms. The highest BCUT2D eigenvalue weighted by Gasteiger charge is 2.16. The largest absolute Gasteiger partial charge is 0.494 e. The second-order valence-electron chi connectivity index (χ2n) is 13.2. The lowest BCUT2D eigenvalue weighted by atomic mass is 10.1. The summed E-state index contributed by atoms with van der Waals surface area (Å²) < 4.78 is 34.1. The normalized spacial score (nSPS) is 10.9. The SMILES string of the molecule is C=CC(=O)OCCCCCCOc1ccc(C(=O)Oc2ccc(OC(=O)c3ccc(OCCCCCCOC(=O)C=C)cc3)c(CN=Nc3nc4ccccc4s3)c2)cc1. The maximum absolute atomic E-state index is 13.3. The third kappa shape index (κ3) is 14.9. The summed E-state index contributed by atoms with van der Waals surface area (Å²) in [5.41, 5.74) is 1.90. The summed E-state index contributed by atoms with van der Waals surface area (Å²) in [6, 6.07) is 25.7. The summed E-state index contributed by atoms with van der Waals surface area (Å²) in [7, 11) is 0. The number of benzene rings is 4. The van der Waals surface area contributed by atoms with Gasteiger partial charge in [0.2, 0.25) is 5.13 Å². The first kappa shape index (κ1) is 44.4. The molecule has 0 saturated heterocycles. The Morgan fingerprint density at radius 2 is 1.12 bits per heavy atom. The van der Waals surface area contributed by atoms with E-state index in [0.29, 0.717) is 59.7 Å². The number of carbonyl (C=O) groups excluding carboxylic acids is 4. The summed E-state index contributed by atoms with van der Waals surface area (Å²) >= 11 is 1.40. The van der Waals surface area contributed by atoms with Crippen LogP contribution in [0.25, 0.3) is 10.2 Å². The van der Waals surface area contributed by atoms with Crippen molar-refractivity contribution in [3.63, 3.8) is 0 Å². The lowest BCUT2D eigenvalue weighted by molar-refractivity contribution is -0.138. The number of azo groups is 1. The van der Waals surface area contributed by atoms with Crippen LogP contribution in [0.2, 0.25) is 0 Å². The number of hydrogen-bond acceptors (Lipinski definition) is 14. The van der Waals surface area contributed by atoms with E-state index >= 15 is 0 Å². The van der Waals surface area contributed by atoms with Gasteiger partial charge in [0.25, 0.3) is 0 Å². The zero-order valence-electron chi connectivity index (χ0n) is 33.3. The quantitative estimate of drug-likeness (QED) is 0.0181. The van der Waals surface area contributed by atoms with Crippen LogP contribution in [0.15, 0.2) is 127 Å². The fourth-order valence-corrected chi connectivity index (χ4v) is 6.38. The number of rotatable bonds is 25. The van der Waals surface area contributed by atoms with Gasteiger partial charge in [0.05, 0.1) is 54.3 Å². The fraction of sp³-hybridized carbons (Fsp3) is 0.283. The second kappa shape index (κ2) is 24.3. The van der Waals surface area contributed by atoms with Gasteiger partial charge in [-0.3, -0.25) is 0 Å². The molecular weight excluding hydrogens is 787 g/mol. The van der Waals surface area contributed by atoms with Gasteiger partial charge in [0.15, 0.2) is 0 Å². The molecule has 0 aliphatic heterocycles. The Labute approximate surface area is 352 Å². The number of esters is 4. The molecular formula is C46H47N3O10S. The van der Waals surface area contributed by atoms with E-state index in [-0.39, 0.29) is 18.0 Å². The van der Waals surface area contributed by atoms with E-state index in [1.807, 2.05) is 24.3 Å². The number of aromatic nitrogens is 1. The van der Waals surface area contributed by atoms with E-state index in [2.05, 4.69) is 28.4 Å². The van der Waals surface area contributed by atoms with Crippen LogP contribution in [-0.2, 0) is 25.6 Å². The van der Waals surface area contributed by atoms with Gasteiger partial charge in [0.1, 0.15) is 23.0 Å². The first-order valence-electron chi connectivity index (χ1n) is 19.7. The summed E-state index contributed by atoms with van der Waals surface area (Å²) in [6.07, 6.45) is 9.15. The Hall–Kier alpha value is -6.67. The van der Waals surface area contributed by atoms with Crippen LogP contribution in [0, 0.1) is 0 Å². The molecule has 4 aromatic carbocycles. The molecule has 0 radical (unpaired) electrons. The molecule has 0 aliphatic rings. The molecule has 0 aliphatic carbocycles. The summed E-state index contributed by atoms with van der Waals surface area (Å²) in [5.74, 6) is -0.330. The molecule has 0 spiro atoms. The summed E-state index contributed by atoms with van der Waals surface area (Å²) in [5, 5.41) is 9.12. The van der Waals surface area contributed by atoms with E-state index in [1.165, 1.54) is 11.3 Å². The van der Waals surface area contributed by atoms with E-state index < -0.39 is 23.9 Å². The summed E-state index contributed by atoms with van der Waals surface area (Å²) in [6.45, 7) is 8.51. The molecule has 5 aromatic rings. The van der Waals surface area contributed by atoms with E-state index in [0.717, 1.165) is 73.7 Å². The van der Waals surface area contributed by atoms with E-state index in [9.17, 15) is 19.2 Å². The maximum Gasteiger partial charge on any atom is 0.343 e. The fourth-order valence-electron chi connectivity index (χ4n) is 5.58. The molecule has 0 saturated carbocycles. The average Bonchev–Trinajstić information content (AvgIpc) is 3.69. The van der Waals surface area contributed by atoms with Crippen molar-refractivity contribution in [2.45, 2.75) is 57.9 Å². The number of thiazole rings is 1. The number of ether oxygens (including phenoxy) is 6. The van der Waals surface area contributed by atoms with Crippen LogP contribution in [0.1, 0.15) is 77.6 Å². The van der Waals surface area contributed by atoms with Crippen LogP contribution >= 0.6 is 11.3 Å². The predicted octanol–water partition coefficient (Wildman–Crippen LogP) is 10.4. The van der Waals surface area contributed by atoms with Crippen LogP contribution in [0.4, 0.5) is 5.13 Å². The van der Waals surface area contributed by atoms with Crippen molar-refractivity contribution in [2.75, 3.05) is 26.4 Å². The van der Waals surface area contributed by atoms with Gasteiger partial charge < -0.3 is 28.4 Å². The van der Waals surface area contributed by atoms with E-state index in [1.54, 1.807) is 66.7 Å². The standard InChI is InChI=1S/C46H47N3O10S/c1-3-42(50)56-29-13-7-5-11-27-54-36-21-17-33(18-22-36)44(52)58-38-25-26-40(35(31-38)32-47-49-46-48-39-15-9-10-16-41(39)60-46)59-45(53)34-19-23-37(24-20-34)55-28-12-6-8-14-30-57-43(51)4-2/h3-4,9-10,15-26,31H,1-2,5-8,11-14,27-30,32H2. The first-order valence-corrected chi connectivity index (χ1v) is 20.5. The smallest absolute Gasteiger partial charge is 0.343 e. The molecule has 5 rings (SSSR count). The van der Waals surface area contributed by atoms with Crippen molar-refractivity contribution in [1.29, 1.82) is 0 Å². The number of carbonyl (C=O) groups is 4. The summed E-state index contributed by atoms with van der Waals surface area (Å²) in [4.78, 5) is 53.1. The van der Waals surface area contributed by atoms with Gasteiger partial charge in [-0.15, -0.1) is 5.11 Å². The molecule has 0 fully saturated rings. The van der Waals surface area contributed by atoms with E-state index in [4.69, 9.17) is 28.4 Å². The molecule has 1 aromatic heterocycles. The van der Waals surface area contributed by atoms with Gasteiger partial charge in [-0.1, -0.05) is 36.6 Å². The van der Waals surface area contributed by atoms with Crippen molar-refractivity contribution >= 4 is 50.6 Å². The maximum atomic E-state index is 13.3. The number of unbranched alkanes of at least 4 members (excludes halogenated alkanes) is 6. The van der Waals surface area contributed by atoms with Crippen LogP contribution in [0.5, 0.6) is 23.0 Å². The monoisotopic (exact) mass is 833 g/mol. The topological polar surface area (TPSA) is 161 Å². The number of fused-ring (bicyclic) bond motifs is 1. The third-order valence-electron chi connectivity index (χ3n) is 8.74. The number of para-hydroxylation sites is 1. The average molecular weight is 834 g/mol. The van der Waals surface area contributed by atoms with Crippen molar-refractivity contribution in [3.05, 3.63) is 133 Å². The van der Waals surface area contributed by atoms with Gasteiger partial charge in [0, 0.05) is 17.7 Å². The minimum atomic E-state index is -0.596. The lowest BCUT2D eigenvalue weighted by Gasteiger charge is -2.12. The Balaban J connectivity index is 1.15. The molecule has 312 valence electrons. The van der Waals surface area contributed by atoms with Gasteiger partial charge in [-0.2, -0.15) is 5.11 Å². The van der Waals surface area contributed by atoms with Crippen molar-refractivity contribution in [2.24, 2.45) is 10.2 Å². The highest BCUT2D eigenvalue weighted by Crippen LogP contribution is 2.30. The molecule has 60 heavy (non-hydrogen) atoms. The predicted molar refractivity (Wildman–Crippen MR) is 227 cm³/mol. The Bertz CT molecular complexity index is 2200. The van der Waals surface area contributed by atoms with Crippen LogP contribution in [-0.4, -0.2) is 55.3 Å². The van der Waals surface area contributed by atoms with Crippen molar-refractivity contribution < 1.29 is 47.6 Å². The van der Waals surface area contributed by atoms with Gasteiger partial charge >= 0.3 is 23.9 Å². The Kier molecular flexibility index (Phi) is 18.0. The van der Waals surface area contributed by atoms with Gasteiger partial charge in [-0.25, -0.2) is 24.2 Å². The van der Waals surface area contributed by atoms with Crippen LogP contribution in [0.3, 0.4) is 0 Å². The van der Waals surface area contributed by atoms with Crippen molar-refractivity contribution in [1.82, 2.24) is 4.98 Å². The number of nitrogens with zero attached hydrogens (tertiary/aromatic N) is 3. The minimum absolute atomic E-state index is 0.00544. The molecule has 0 N–H and O–H groups in total. The zero-order valence-corrected chi connectivity index (χ0v) is 34.1. The molecule has 0 unspecified atom stereocenters. The zero-order chi connectivity index (χ0) is 42.4. The molecule has 0 amide bonds. The molecule has 1 heterocycles. The Morgan fingerprint density at radius 1 is 0.600 bits per heavy atom. The Morgan fingerprint density at radius 3 is 1.67 bits per heavy atom. The second-order valence-corrected chi connectivity index (χ2v) is 14.2. The molecule has 0 atom stereocenters. The third-order valence-corrected chi connectivity index (χ3v) is 9.66. The van der Waals surface area contributed by atoms with Crippen molar-refractivity contribution in [3.8, 4) is 23.0 Å². The van der Waals surface area contributed by atoms with Crippen LogP contribution < -0.4 is 18.9 Å².